The first kappa shape index (κ1) is 19.0. The highest BCUT2D eigenvalue weighted by atomic mass is 32.2. The summed E-state index contributed by atoms with van der Waals surface area (Å²) in [7, 11) is -2.56. The molecule has 7 heteroatoms. The van der Waals surface area contributed by atoms with Crippen LogP contribution in [0.3, 0.4) is 0 Å². The van der Waals surface area contributed by atoms with E-state index in [0.717, 1.165) is 17.7 Å². The van der Waals surface area contributed by atoms with Gasteiger partial charge in [0.1, 0.15) is 5.75 Å². The lowest BCUT2D eigenvalue weighted by Crippen LogP contribution is -2.13. The monoisotopic (exact) mass is 389 g/mol. The van der Waals surface area contributed by atoms with Crippen LogP contribution in [-0.4, -0.2) is 15.5 Å². The van der Waals surface area contributed by atoms with E-state index >= 15 is 0 Å². The van der Waals surface area contributed by atoms with E-state index in [2.05, 4.69) is 0 Å². The molecule has 0 radical (unpaired) electrons. The number of nitrogens with two attached hydrogens (primary N) is 1. The molecule has 0 atom stereocenters. The zero-order valence-corrected chi connectivity index (χ0v) is 15.5. The van der Waals surface area contributed by atoms with Crippen molar-refractivity contribution in [3.63, 3.8) is 0 Å². The van der Waals surface area contributed by atoms with E-state index in [4.69, 9.17) is 9.88 Å². The van der Waals surface area contributed by atoms with Crippen molar-refractivity contribution in [1.29, 1.82) is 0 Å². The molecule has 3 aromatic rings. The highest BCUT2D eigenvalue weighted by Gasteiger charge is 2.20. The second kappa shape index (κ2) is 7.09. The maximum absolute atomic E-state index is 14.0. The minimum atomic E-state index is -4.06. The average molecular weight is 389 g/mol. The number of ether oxygens (including phenoxy) is 1. The lowest BCUT2D eigenvalue weighted by Gasteiger charge is -2.15. The van der Waals surface area contributed by atoms with Gasteiger partial charge in [-0.15, -0.1) is 0 Å². The van der Waals surface area contributed by atoms with E-state index in [1.165, 1.54) is 25.3 Å². The fourth-order valence-electron chi connectivity index (χ4n) is 2.93. The Morgan fingerprint density at radius 1 is 0.889 bits per heavy atom. The van der Waals surface area contributed by atoms with Gasteiger partial charge < -0.3 is 4.74 Å². The van der Waals surface area contributed by atoms with Crippen LogP contribution in [0.1, 0.15) is 5.56 Å². The van der Waals surface area contributed by atoms with Gasteiger partial charge in [-0.3, -0.25) is 0 Å². The van der Waals surface area contributed by atoms with Crippen molar-refractivity contribution < 1.29 is 21.9 Å². The van der Waals surface area contributed by atoms with E-state index < -0.39 is 21.7 Å². The maximum atomic E-state index is 14.0. The maximum Gasteiger partial charge on any atom is 0.238 e. The van der Waals surface area contributed by atoms with Gasteiger partial charge in [-0.05, 0) is 53.4 Å². The molecule has 27 heavy (non-hydrogen) atoms. The van der Waals surface area contributed by atoms with E-state index in [0.29, 0.717) is 16.9 Å². The van der Waals surface area contributed by atoms with Crippen LogP contribution in [0, 0.1) is 18.6 Å². The number of halogens is 2. The molecule has 2 N–H and O–H groups in total. The molecule has 140 valence electrons. The molecule has 0 spiro atoms. The van der Waals surface area contributed by atoms with Crippen LogP contribution >= 0.6 is 0 Å². The molecule has 0 aromatic heterocycles. The zero-order valence-electron chi connectivity index (χ0n) is 14.7. The van der Waals surface area contributed by atoms with Gasteiger partial charge in [0.05, 0.1) is 12.0 Å². The summed E-state index contributed by atoms with van der Waals surface area (Å²) in [5, 5.41) is 5.30. The normalized spacial score (nSPS) is 11.4. The molecule has 0 aliphatic heterocycles. The van der Waals surface area contributed by atoms with E-state index in [1.807, 2.05) is 6.92 Å². The van der Waals surface area contributed by atoms with Crippen LogP contribution in [0.25, 0.3) is 22.3 Å². The molecule has 0 bridgehead atoms. The van der Waals surface area contributed by atoms with E-state index in [1.54, 1.807) is 24.3 Å². The summed E-state index contributed by atoms with van der Waals surface area (Å²) >= 11 is 0. The molecule has 0 saturated carbocycles. The largest absolute Gasteiger partial charge is 0.496 e. The van der Waals surface area contributed by atoms with Crippen molar-refractivity contribution in [3.05, 3.63) is 71.8 Å². The van der Waals surface area contributed by atoms with Crippen LogP contribution in [0.5, 0.6) is 5.75 Å². The summed E-state index contributed by atoms with van der Waals surface area (Å²) in [6.07, 6.45) is 0. The summed E-state index contributed by atoms with van der Waals surface area (Å²) in [5.74, 6) is -1.55. The molecule has 0 fully saturated rings. The van der Waals surface area contributed by atoms with Gasteiger partial charge in [-0.1, -0.05) is 30.3 Å². The number of rotatable bonds is 4. The predicted molar refractivity (Wildman–Crippen MR) is 99.9 cm³/mol. The van der Waals surface area contributed by atoms with Crippen molar-refractivity contribution in [2.75, 3.05) is 7.11 Å². The van der Waals surface area contributed by atoms with Crippen LogP contribution in [0.15, 0.2) is 59.5 Å². The molecule has 0 heterocycles. The molecular weight excluding hydrogens is 372 g/mol. The summed E-state index contributed by atoms with van der Waals surface area (Å²) < 4.78 is 57.3. The molecule has 0 aliphatic rings. The van der Waals surface area contributed by atoms with Crippen LogP contribution in [0.2, 0.25) is 0 Å². The van der Waals surface area contributed by atoms with Crippen molar-refractivity contribution >= 4 is 10.0 Å². The summed E-state index contributed by atoms with van der Waals surface area (Å²) in [6.45, 7) is 1.85. The summed E-state index contributed by atoms with van der Waals surface area (Å²) in [6, 6.07) is 13.1. The van der Waals surface area contributed by atoms with Crippen molar-refractivity contribution in [2.45, 2.75) is 11.8 Å². The zero-order chi connectivity index (χ0) is 19.8. The first-order valence-corrected chi connectivity index (χ1v) is 9.53. The minimum absolute atomic E-state index is 0.170. The Kier molecular flexibility index (Phi) is 4.99. The van der Waals surface area contributed by atoms with Gasteiger partial charge >= 0.3 is 0 Å². The van der Waals surface area contributed by atoms with Crippen molar-refractivity contribution in [2.24, 2.45) is 5.14 Å². The number of hydrogen-bond acceptors (Lipinski definition) is 3. The Hall–Kier alpha value is -2.77. The number of hydrogen-bond donors (Lipinski definition) is 1. The fraction of sp³-hybridized carbons (Fsp3) is 0.100. The first-order valence-electron chi connectivity index (χ1n) is 7.98. The van der Waals surface area contributed by atoms with Gasteiger partial charge in [0.25, 0.3) is 0 Å². The molecule has 0 aliphatic carbocycles. The van der Waals surface area contributed by atoms with Gasteiger partial charge in [0, 0.05) is 5.56 Å². The highest BCUT2D eigenvalue weighted by Crippen LogP contribution is 2.38. The second-order valence-electron chi connectivity index (χ2n) is 6.04. The molecular formula is C20H17F2NO3S. The number of methoxy groups -OCH3 is 1. The molecule has 3 rings (SSSR count). The third kappa shape index (κ3) is 3.70. The molecule has 0 amide bonds. The molecule has 4 nitrogen and oxygen atoms in total. The lowest BCUT2D eigenvalue weighted by atomic mass is 9.93. The smallest absolute Gasteiger partial charge is 0.238 e. The Labute approximate surface area is 156 Å². The average Bonchev–Trinajstić information content (AvgIpc) is 2.63. The Morgan fingerprint density at radius 3 is 2.15 bits per heavy atom. The minimum Gasteiger partial charge on any atom is -0.496 e. The first-order chi connectivity index (χ1) is 12.7. The third-order valence-corrected chi connectivity index (χ3v) is 5.23. The third-order valence-electron chi connectivity index (χ3n) is 4.26. The molecule has 3 aromatic carbocycles. The Balaban J connectivity index is 2.35. The summed E-state index contributed by atoms with van der Waals surface area (Å²) in [4.78, 5) is -0.170. The predicted octanol–water partition coefficient (Wildman–Crippen LogP) is 4.26. The van der Waals surface area contributed by atoms with E-state index in [9.17, 15) is 17.2 Å². The number of aryl methyl sites for hydroxylation is 1. The van der Waals surface area contributed by atoms with Crippen LogP contribution in [0.4, 0.5) is 8.78 Å². The Bertz CT molecular complexity index is 1130. The van der Waals surface area contributed by atoms with E-state index in [-0.39, 0.29) is 16.0 Å². The second-order valence-corrected chi connectivity index (χ2v) is 7.57. The van der Waals surface area contributed by atoms with Gasteiger partial charge in [-0.25, -0.2) is 22.3 Å². The quantitative estimate of drug-likeness (QED) is 0.725. The van der Waals surface area contributed by atoms with Crippen molar-refractivity contribution in [1.82, 2.24) is 0 Å². The number of primary sulfonamides is 1. The van der Waals surface area contributed by atoms with Gasteiger partial charge in [0.15, 0.2) is 11.6 Å². The summed E-state index contributed by atoms with van der Waals surface area (Å²) in [5.41, 5.74) is 2.15. The fourth-order valence-corrected chi connectivity index (χ4v) is 3.69. The van der Waals surface area contributed by atoms with Gasteiger partial charge in [0.2, 0.25) is 10.0 Å². The van der Waals surface area contributed by atoms with Crippen LogP contribution < -0.4 is 9.88 Å². The highest BCUT2D eigenvalue weighted by molar-refractivity contribution is 7.89. The molecule has 0 saturated heterocycles. The standard InChI is InChI=1S/C20H17F2NO3S/c1-12-7-8-13(9-19(12)26-2)15-10-17(21)18(22)11-16(15)14-5-3-4-6-20(14)27(23,24)25/h3-11H,1-2H3,(H2,23,24,25). The van der Waals surface area contributed by atoms with Gasteiger partial charge in [-0.2, -0.15) is 0 Å². The van der Waals surface area contributed by atoms with Crippen molar-refractivity contribution in [3.8, 4) is 28.0 Å². The SMILES string of the molecule is COc1cc(-c2cc(F)c(F)cc2-c2ccccc2S(N)(=O)=O)ccc1C. The Morgan fingerprint density at radius 2 is 1.52 bits per heavy atom. The number of benzene rings is 3. The van der Waals surface area contributed by atoms with Crippen LogP contribution in [-0.2, 0) is 10.0 Å². The molecule has 0 unspecified atom stereocenters. The number of sulfonamides is 1. The topological polar surface area (TPSA) is 69.4 Å². The lowest BCUT2D eigenvalue weighted by molar-refractivity contribution is 0.412.